The first kappa shape index (κ1) is 32.4. The van der Waals surface area contributed by atoms with E-state index in [4.69, 9.17) is 4.74 Å². The number of esters is 1. The van der Waals surface area contributed by atoms with Crippen LogP contribution in [0.15, 0.2) is 83.3 Å². The van der Waals surface area contributed by atoms with Gasteiger partial charge < -0.3 is 14.8 Å². The first-order valence-corrected chi connectivity index (χ1v) is 14.8. The maximum atomic E-state index is 11.1. The van der Waals surface area contributed by atoms with Crippen molar-refractivity contribution in [3.63, 3.8) is 0 Å². The zero-order valence-corrected chi connectivity index (χ0v) is 25.6. The lowest BCUT2D eigenvalue weighted by atomic mass is 10.1. The number of hydrogen-bond donors (Lipinski definition) is 1. The molecule has 0 saturated heterocycles. The highest BCUT2D eigenvalue weighted by molar-refractivity contribution is 7.98. The van der Waals surface area contributed by atoms with Crippen molar-refractivity contribution >= 4 is 34.9 Å². The van der Waals surface area contributed by atoms with Gasteiger partial charge in [-0.3, -0.25) is 4.98 Å². The minimum Gasteiger partial charge on any atom is -0.466 e. The van der Waals surface area contributed by atoms with Crippen LogP contribution in [0.2, 0.25) is 0 Å². The number of rotatable bonds is 6. The van der Waals surface area contributed by atoms with Gasteiger partial charge in [0, 0.05) is 23.7 Å². The van der Waals surface area contributed by atoms with Crippen LogP contribution in [0.25, 0.3) is 5.65 Å². The number of hydrogen-bond acceptors (Lipinski definition) is 10. The lowest BCUT2D eigenvalue weighted by Crippen LogP contribution is -2.03. The summed E-state index contributed by atoms with van der Waals surface area (Å²) in [6.45, 7) is 6.08. The fourth-order valence-electron chi connectivity index (χ4n) is 3.93. The number of nitrogens with one attached hydrogen (secondary N) is 1. The molecule has 0 spiro atoms. The Kier molecular flexibility index (Phi) is 12.3. The summed E-state index contributed by atoms with van der Waals surface area (Å²) >= 11 is 1.35. The Balaban J connectivity index is 0.000000303. The molecule has 0 aliphatic heterocycles. The fourth-order valence-corrected chi connectivity index (χ4v) is 4.43. The highest BCUT2D eigenvalue weighted by Gasteiger charge is 2.17. The Morgan fingerprint density at radius 2 is 1.72 bits per heavy atom. The molecule has 1 aliphatic carbocycles. The van der Waals surface area contributed by atoms with Gasteiger partial charge in [-0.25, -0.2) is 14.3 Å². The van der Waals surface area contributed by atoms with Crippen molar-refractivity contribution in [3.05, 3.63) is 89.4 Å². The average molecular weight is 596 g/mol. The molecule has 11 heteroatoms. The standard InChI is InChI=1S/C20H13N7OS.C10H14O2.C2H6/c1-29-20-13(10-21)12-27-19(25-20)17(11-22)18(26-27)24-14-2-4-15(5-3-14)28-16-6-8-23-9-7-16;1-8-4-3-5-9(7-6-8)10(11)12-2;1-2/h2-9,12H,1H3,(H,24,26);6-7H,3-5H2,1-2H3;1-2H3. The van der Waals surface area contributed by atoms with Crippen LogP contribution < -0.4 is 10.1 Å². The molecule has 43 heavy (non-hydrogen) atoms. The van der Waals surface area contributed by atoms with Crippen LogP contribution in [0.5, 0.6) is 11.5 Å². The van der Waals surface area contributed by atoms with E-state index in [9.17, 15) is 15.3 Å². The van der Waals surface area contributed by atoms with E-state index in [0.29, 0.717) is 39.1 Å². The first-order valence-electron chi connectivity index (χ1n) is 13.6. The number of nitriles is 2. The number of carbonyl (C=O) groups is 1. The predicted molar refractivity (Wildman–Crippen MR) is 167 cm³/mol. The molecule has 5 rings (SSSR count). The molecule has 0 bridgehead atoms. The van der Waals surface area contributed by atoms with Crippen LogP contribution in [-0.4, -0.2) is 38.9 Å². The van der Waals surface area contributed by atoms with Crippen molar-refractivity contribution in [2.24, 2.45) is 0 Å². The van der Waals surface area contributed by atoms with Gasteiger partial charge >= 0.3 is 5.97 Å². The quantitative estimate of drug-likeness (QED) is 0.137. The number of allylic oxidation sites excluding steroid dienone is 3. The number of anilines is 2. The molecule has 220 valence electrons. The van der Waals surface area contributed by atoms with Crippen molar-refractivity contribution in [3.8, 4) is 23.6 Å². The van der Waals surface area contributed by atoms with Gasteiger partial charge in [0.15, 0.2) is 11.5 Å². The first-order chi connectivity index (χ1) is 20.9. The summed E-state index contributed by atoms with van der Waals surface area (Å²) < 4.78 is 11.8. The highest BCUT2D eigenvalue weighted by atomic mass is 32.2. The molecule has 10 nitrogen and oxygen atoms in total. The number of aromatic nitrogens is 4. The summed E-state index contributed by atoms with van der Waals surface area (Å²) in [4.78, 5) is 19.5. The van der Waals surface area contributed by atoms with E-state index in [0.717, 1.165) is 30.5 Å². The minimum absolute atomic E-state index is 0.194. The van der Waals surface area contributed by atoms with Crippen LogP contribution in [0.4, 0.5) is 11.5 Å². The van der Waals surface area contributed by atoms with Gasteiger partial charge in [-0.05, 0) is 68.8 Å². The zero-order valence-electron chi connectivity index (χ0n) is 24.8. The third kappa shape index (κ3) is 8.68. The lowest BCUT2D eigenvalue weighted by molar-refractivity contribution is -0.136. The van der Waals surface area contributed by atoms with Crippen LogP contribution in [0.1, 0.15) is 51.2 Å². The van der Waals surface area contributed by atoms with Crippen LogP contribution in [0.3, 0.4) is 0 Å². The second-order valence-corrected chi connectivity index (χ2v) is 9.66. The normalized spacial score (nSPS) is 12.0. The molecule has 3 heterocycles. The Hall–Kier alpha value is -5.13. The molecule has 3 aromatic heterocycles. The summed E-state index contributed by atoms with van der Waals surface area (Å²) in [7, 11) is 1.42. The van der Waals surface area contributed by atoms with Gasteiger partial charge in [0.25, 0.3) is 0 Å². The number of nitrogens with zero attached hydrogens (tertiary/aromatic N) is 6. The van der Waals surface area contributed by atoms with Crippen molar-refractivity contribution in [1.82, 2.24) is 19.6 Å². The van der Waals surface area contributed by atoms with Crippen LogP contribution >= 0.6 is 11.8 Å². The molecule has 0 atom stereocenters. The second-order valence-electron chi connectivity index (χ2n) is 8.86. The number of methoxy groups -OCH3 is 1. The summed E-state index contributed by atoms with van der Waals surface area (Å²) in [6.07, 6.45) is 13.6. The molecule has 0 unspecified atom stereocenters. The predicted octanol–water partition coefficient (Wildman–Crippen LogP) is 7.37. The van der Waals surface area contributed by atoms with E-state index in [1.165, 1.54) is 29.0 Å². The van der Waals surface area contributed by atoms with Crippen molar-refractivity contribution in [2.75, 3.05) is 18.7 Å². The second kappa shape index (κ2) is 16.3. The monoisotopic (exact) mass is 595 g/mol. The number of benzene rings is 1. The van der Waals surface area contributed by atoms with Gasteiger partial charge in [0.1, 0.15) is 39.8 Å². The number of fused-ring (bicyclic) bond motifs is 1. The van der Waals surface area contributed by atoms with E-state index in [2.05, 4.69) is 44.2 Å². The van der Waals surface area contributed by atoms with Crippen molar-refractivity contribution in [1.29, 1.82) is 10.5 Å². The molecule has 0 saturated carbocycles. The van der Waals surface area contributed by atoms with E-state index in [-0.39, 0.29) is 5.97 Å². The van der Waals surface area contributed by atoms with Crippen LogP contribution in [-0.2, 0) is 9.53 Å². The third-order valence-corrected chi connectivity index (χ3v) is 6.73. The molecule has 4 aromatic rings. The highest BCUT2D eigenvalue weighted by Crippen LogP contribution is 2.28. The largest absolute Gasteiger partial charge is 0.466 e. The van der Waals surface area contributed by atoms with E-state index in [1.807, 2.05) is 56.5 Å². The average Bonchev–Trinajstić information content (AvgIpc) is 3.23. The topological polar surface area (TPSA) is 138 Å². The van der Waals surface area contributed by atoms with Crippen LogP contribution in [0, 0.1) is 22.7 Å². The minimum atomic E-state index is -0.194. The molecular formula is C32H33N7O3S. The number of thioether (sulfide) groups is 1. The fraction of sp³-hybridized carbons (Fsp3) is 0.250. The Morgan fingerprint density at radius 3 is 2.35 bits per heavy atom. The summed E-state index contributed by atoms with van der Waals surface area (Å²) in [5, 5.41) is 26.9. The molecule has 0 amide bonds. The summed E-state index contributed by atoms with van der Waals surface area (Å²) in [5.74, 6) is 1.53. The lowest BCUT2D eigenvalue weighted by Gasteiger charge is -2.07. The van der Waals surface area contributed by atoms with Gasteiger partial charge in [-0.15, -0.1) is 16.9 Å². The maximum Gasteiger partial charge on any atom is 0.333 e. The van der Waals surface area contributed by atoms with Gasteiger partial charge in [-0.1, -0.05) is 31.6 Å². The Labute approximate surface area is 255 Å². The van der Waals surface area contributed by atoms with E-state index < -0.39 is 0 Å². The van der Waals surface area contributed by atoms with Crippen molar-refractivity contribution in [2.45, 2.75) is 45.1 Å². The third-order valence-electron chi connectivity index (χ3n) is 6.04. The molecular weight excluding hydrogens is 562 g/mol. The molecule has 0 radical (unpaired) electrons. The number of ether oxygens (including phenoxy) is 2. The molecule has 0 fully saturated rings. The summed E-state index contributed by atoms with van der Waals surface area (Å²) in [5.41, 5.74) is 3.96. The van der Waals surface area contributed by atoms with Gasteiger partial charge in [0.2, 0.25) is 0 Å². The van der Waals surface area contributed by atoms with E-state index >= 15 is 0 Å². The zero-order chi connectivity index (χ0) is 31.2. The van der Waals surface area contributed by atoms with Gasteiger partial charge in [0.05, 0.1) is 13.3 Å². The Morgan fingerprint density at radius 1 is 1.02 bits per heavy atom. The van der Waals surface area contributed by atoms with E-state index in [1.54, 1.807) is 30.7 Å². The molecule has 1 aromatic carbocycles. The van der Waals surface area contributed by atoms with Gasteiger partial charge in [-0.2, -0.15) is 10.5 Å². The number of carbonyl (C=O) groups excluding carboxylic acids is 1. The molecule has 1 N–H and O–H groups in total. The summed E-state index contributed by atoms with van der Waals surface area (Å²) in [6, 6.07) is 15.0. The maximum absolute atomic E-state index is 11.1. The number of pyridine rings is 1. The smallest absolute Gasteiger partial charge is 0.333 e. The SMILES string of the molecule is CC.COC(=O)C1=CC=C(C)CCC1.CSc1nc2c(C#N)c(Nc3ccc(Oc4ccncc4)cc3)nn2cc1C#N. The van der Waals surface area contributed by atoms with Crippen molar-refractivity contribution < 1.29 is 14.3 Å². The molecule has 1 aliphatic rings. The Bertz CT molecular complexity index is 1680.